The van der Waals surface area contributed by atoms with Gasteiger partial charge < -0.3 is 9.16 Å². The minimum atomic E-state index is -1.70. The summed E-state index contributed by atoms with van der Waals surface area (Å²) in [7, 11) is -1.70. The molecule has 0 aromatic rings. The van der Waals surface area contributed by atoms with Gasteiger partial charge in [-0.15, -0.1) is 0 Å². The van der Waals surface area contributed by atoms with Crippen LogP contribution >= 0.6 is 15.9 Å². The van der Waals surface area contributed by atoms with E-state index in [0.717, 1.165) is 4.95 Å². The van der Waals surface area contributed by atoms with E-state index < -0.39 is 8.32 Å². The average Bonchev–Trinajstić information content (AvgIpc) is 2.28. The SMILES string of the molecule is C=C(C[C@@H](O[Si](C)(C)CBr)C(C)C)C(=O)OCC. The van der Waals surface area contributed by atoms with Gasteiger partial charge in [-0.1, -0.05) is 36.4 Å². The first kappa shape index (κ1) is 17.9. The summed E-state index contributed by atoms with van der Waals surface area (Å²) in [4.78, 5) is 12.4. The van der Waals surface area contributed by atoms with Crippen LogP contribution in [0.4, 0.5) is 0 Å². The third-order valence-corrected chi connectivity index (χ3v) is 8.18. The van der Waals surface area contributed by atoms with Crippen LogP contribution in [0.2, 0.25) is 13.1 Å². The average molecular weight is 337 g/mol. The number of alkyl halides is 1. The summed E-state index contributed by atoms with van der Waals surface area (Å²) >= 11 is 3.49. The second kappa shape index (κ2) is 8.12. The third kappa shape index (κ3) is 6.71. The third-order valence-electron chi connectivity index (χ3n) is 2.55. The predicted molar refractivity (Wildman–Crippen MR) is 81.4 cm³/mol. The van der Waals surface area contributed by atoms with Crippen molar-refractivity contribution in [1.82, 2.24) is 0 Å². The summed E-state index contributed by atoms with van der Waals surface area (Å²) in [5.74, 6) is 0.0343. The van der Waals surface area contributed by atoms with Gasteiger partial charge in [0.05, 0.1) is 12.7 Å². The molecule has 0 saturated carbocycles. The maximum atomic E-state index is 11.6. The molecule has 18 heavy (non-hydrogen) atoms. The highest BCUT2D eigenvalue weighted by molar-refractivity contribution is 9.09. The van der Waals surface area contributed by atoms with E-state index >= 15 is 0 Å². The van der Waals surface area contributed by atoms with E-state index in [4.69, 9.17) is 9.16 Å². The molecule has 0 rings (SSSR count). The summed E-state index contributed by atoms with van der Waals surface area (Å²) in [6.07, 6.45) is 0.570. The van der Waals surface area contributed by atoms with Crippen molar-refractivity contribution in [2.24, 2.45) is 5.92 Å². The Morgan fingerprint density at radius 2 is 1.94 bits per heavy atom. The maximum absolute atomic E-state index is 11.6. The number of hydrogen-bond donors (Lipinski definition) is 0. The molecule has 0 bridgehead atoms. The molecule has 0 spiro atoms. The molecular formula is C13H25BrO3Si. The lowest BCUT2D eigenvalue weighted by atomic mass is 10.0. The molecule has 0 aromatic carbocycles. The van der Waals surface area contributed by atoms with Crippen molar-refractivity contribution >= 4 is 30.2 Å². The van der Waals surface area contributed by atoms with Crippen LogP contribution in [0, 0.1) is 5.92 Å². The summed E-state index contributed by atoms with van der Waals surface area (Å²) < 4.78 is 11.1. The van der Waals surface area contributed by atoms with Crippen molar-refractivity contribution in [2.75, 3.05) is 11.6 Å². The van der Waals surface area contributed by atoms with Crippen molar-refractivity contribution < 1.29 is 14.0 Å². The fraction of sp³-hybridized carbons (Fsp3) is 0.769. The standard InChI is InChI=1S/C13H25BrO3Si/c1-7-16-13(15)11(4)8-12(10(2)3)17-18(5,6)9-14/h10,12H,4,7-9H2,1-3,5-6H3/t12-/m1/s1. The van der Waals surface area contributed by atoms with Gasteiger partial charge in [0.15, 0.2) is 8.32 Å². The summed E-state index contributed by atoms with van der Waals surface area (Å²) in [6.45, 7) is 14.5. The van der Waals surface area contributed by atoms with Crippen molar-refractivity contribution in [3.63, 3.8) is 0 Å². The molecule has 0 unspecified atom stereocenters. The number of esters is 1. The van der Waals surface area contributed by atoms with Crippen LogP contribution in [0.3, 0.4) is 0 Å². The Balaban J connectivity index is 4.55. The number of halogens is 1. The number of ether oxygens (including phenoxy) is 1. The van der Waals surface area contributed by atoms with Crippen LogP contribution in [0.1, 0.15) is 27.2 Å². The number of carbonyl (C=O) groups is 1. The van der Waals surface area contributed by atoms with Crippen LogP contribution in [0.15, 0.2) is 12.2 Å². The van der Waals surface area contributed by atoms with E-state index in [-0.39, 0.29) is 12.1 Å². The molecule has 106 valence electrons. The minimum Gasteiger partial charge on any atom is -0.463 e. The molecule has 3 nitrogen and oxygen atoms in total. The molecule has 0 N–H and O–H groups in total. The van der Waals surface area contributed by atoms with Gasteiger partial charge >= 0.3 is 5.97 Å². The normalized spacial score (nSPS) is 13.5. The molecule has 0 aliphatic carbocycles. The second-order valence-electron chi connectivity index (χ2n) is 5.32. The van der Waals surface area contributed by atoms with Gasteiger partial charge in [-0.2, -0.15) is 0 Å². The van der Waals surface area contributed by atoms with Crippen LogP contribution in [0.5, 0.6) is 0 Å². The van der Waals surface area contributed by atoms with E-state index in [1.807, 2.05) is 0 Å². The summed E-state index contributed by atoms with van der Waals surface area (Å²) in [5, 5.41) is 0. The molecule has 0 aliphatic heterocycles. The topological polar surface area (TPSA) is 35.5 Å². The van der Waals surface area contributed by atoms with Gasteiger partial charge in [0.25, 0.3) is 0 Å². The molecule has 0 aliphatic rings. The maximum Gasteiger partial charge on any atom is 0.333 e. The lowest BCUT2D eigenvalue weighted by Crippen LogP contribution is -2.40. The molecule has 0 amide bonds. The van der Waals surface area contributed by atoms with Crippen molar-refractivity contribution in [3.05, 3.63) is 12.2 Å². The lowest BCUT2D eigenvalue weighted by Gasteiger charge is -2.30. The Hall–Kier alpha value is -0.133. The summed E-state index contributed by atoms with van der Waals surface area (Å²) in [6, 6.07) is 0. The highest BCUT2D eigenvalue weighted by Gasteiger charge is 2.28. The molecule has 5 heteroatoms. The largest absolute Gasteiger partial charge is 0.463 e. The predicted octanol–water partition coefficient (Wildman–Crippen LogP) is 3.68. The first-order valence-corrected chi connectivity index (χ1v) is 10.6. The van der Waals surface area contributed by atoms with E-state index in [9.17, 15) is 4.79 Å². The molecule has 0 aromatic heterocycles. The Morgan fingerprint density at radius 3 is 2.33 bits per heavy atom. The van der Waals surface area contributed by atoms with E-state index in [1.54, 1.807) is 6.92 Å². The Labute approximate surface area is 120 Å². The van der Waals surface area contributed by atoms with Crippen LogP contribution in [-0.2, 0) is 14.0 Å². The number of rotatable bonds is 8. The van der Waals surface area contributed by atoms with Crippen molar-refractivity contribution in [3.8, 4) is 0 Å². The fourth-order valence-corrected chi connectivity index (χ4v) is 3.05. The summed E-state index contributed by atoms with van der Waals surface area (Å²) in [5.41, 5.74) is 0.495. The first-order valence-electron chi connectivity index (χ1n) is 6.32. The molecule has 0 heterocycles. The van der Waals surface area contributed by atoms with Crippen LogP contribution < -0.4 is 0 Å². The lowest BCUT2D eigenvalue weighted by molar-refractivity contribution is -0.138. The molecule has 0 radical (unpaired) electrons. The minimum absolute atomic E-state index is 0.0288. The smallest absolute Gasteiger partial charge is 0.333 e. The van der Waals surface area contributed by atoms with Gasteiger partial charge in [-0.05, 0) is 25.9 Å². The molecule has 0 fully saturated rings. The van der Waals surface area contributed by atoms with E-state index in [1.165, 1.54) is 0 Å². The monoisotopic (exact) mass is 336 g/mol. The fourth-order valence-electron chi connectivity index (χ4n) is 1.41. The quantitative estimate of drug-likeness (QED) is 0.293. The molecule has 1 atom stereocenters. The van der Waals surface area contributed by atoms with E-state index in [2.05, 4.69) is 49.5 Å². The number of carbonyl (C=O) groups excluding carboxylic acids is 1. The second-order valence-corrected chi connectivity index (χ2v) is 11.0. The highest BCUT2D eigenvalue weighted by atomic mass is 79.9. The van der Waals surface area contributed by atoms with Gasteiger partial charge in [-0.25, -0.2) is 4.79 Å². The van der Waals surface area contributed by atoms with Crippen molar-refractivity contribution in [2.45, 2.75) is 46.4 Å². The van der Waals surface area contributed by atoms with Crippen molar-refractivity contribution in [1.29, 1.82) is 0 Å². The van der Waals surface area contributed by atoms with Gasteiger partial charge in [-0.3, -0.25) is 0 Å². The van der Waals surface area contributed by atoms with Gasteiger partial charge in [0.2, 0.25) is 0 Å². The Bertz CT molecular complexity index is 290. The molecule has 0 saturated heterocycles. The van der Waals surface area contributed by atoms with Gasteiger partial charge in [0.1, 0.15) is 0 Å². The van der Waals surface area contributed by atoms with E-state index in [0.29, 0.717) is 24.5 Å². The zero-order valence-electron chi connectivity index (χ0n) is 12.1. The zero-order valence-corrected chi connectivity index (χ0v) is 14.7. The van der Waals surface area contributed by atoms with Crippen LogP contribution in [-0.4, -0.2) is 32.0 Å². The first-order chi connectivity index (χ1) is 8.23. The van der Waals surface area contributed by atoms with Gasteiger partial charge in [0, 0.05) is 16.9 Å². The number of hydrogen-bond acceptors (Lipinski definition) is 3. The Morgan fingerprint density at radius 1 is 1.39 bits per heavy atom. The zero-order chi connectivity index (χ0) is 14.3. The Kier molecular flexibility index (Phi) is 8.06. The highest BCUT2D eigenvalue weighted by Crippen LogP contribution is 2.22. The van der Waals surface area contributed by atoms with Crippen LogP contribution in [0.25, 0.3) is 0 Å². The molecular weight excluding hydrogens is 312 g/mol.